The quantitative estimate of drug-likeness (QED) is 0.725. The number of hydrogen-bond acceptors (Lipinski definition) is 3. The second-order valence-electron chi connectivity index (χ2n) is 2.98. The fourth-order valence-electron chi connectivity index (χ4n) is 1.15. The summed E-state index contributed by atoms with van der Waals surface area (Å²) in [6.07, 6.45) is 0. The van der Waals surface area contributed by atoms with Crippen molar-refractivity contribution in [1.29, 1.82) is 5.26 Å². The number of benzene rings is 1. The first-order chi connectivity index (χ1) is 7.10. The summed E-state index contributed by atoms with van der Waals surface area (Å²) in [5, 5.41) is 9.31. The lowest BCUT2D eigenvalue weighted by atomic mass is 10.1. The monoisotopic (exact) mass is 223 g/mol. The zero-order valence-corrected chi connectivity index (χ0v) is 9.26. The van der Waals surface area contributed by atoms with Crippen LogP contribution in [0.25, 0.3) is 0 Å². The van der Waals surface area contributed by atoms with Gasteiger partial charge in [0.25, 0.3) is 0 Å². The number of nitrogens with zero attached hydrogens (tertiary/aromatic N) is 1. The number of rotatable bonds is 2. The largest absolute Gasteiger partial charge is 0.462 e. The summed E-state index contributed by atoms with van der Waals surface area (Å²) in [5.41, 5.74) is 1.27. The van der Waals surface area contributed by atoms with Gasteiger partial charge in [0.1, 0.15) is 6.07 Å². The van der Waals surface area contributed by atoms with E-state index in [1.165, 1.54) is 6.07 Å². The topological polar surface area (TPSA) is 50.1 Å². The molecule has 0 radical (unpaired) electrons. The maximum absolute atomic E-state index is 11.5. The molecule has 78 valence electrons. The molecule has 3 nitrogen and oxygen atoms in total. The van der Waals surface area contributed by atoms with Gasteiger partial charge in [0.05, 0.1) is 17.7 Å². The Morgan fingerprint density at radius 1 is 1.60 bits per heavy atom. The maximum atomic E-state index is 11.5. The van der Waals surface area contributed by atoms with Crippen LogP contribution >= 0.6 is 11.6 Å². The molecule has 0 saturated carbocycles. The Bertz CT molecular complexity index is 435. The van der Waals surface area contributed by atoms with Gasteiger partial charge in [0, 0.05) is 5.02 Å². The number of esters is 1. The molecule has 1 aromatic carbocycles. The molecule has 0 fully saturated rings. The Balaban J connectivity index is 3.23. The van der Waals surface area contributed by atoms with Gasteiger partial charge >= 0.3 is 5.97 Å². The average Bonchev–Trinajstić information content (AvgIpc) is 2.21. The summed E-state index contributed by atoms with van der Waals surface area (Å²) in [6, 6.07) is 4.99. The summed E-state index contributed by atoms with van der Waals surface area (Å²) >= 11 is 5.87. The third-order valence-corrected chi connectivity index (χ3v) is 2.32. The van der Waals surface area contributed by atoms with E-state index in [4.69, 9.17) is 21.6 Å². The van der Waals surface area contributed by atoms with Crippen LogP contribution in [0.1, 0.15) is 28.4 Å². The first kappa shape index (κ1) is 11.5. The molecular weight excluding hydrogens is 214 g/mol. The van der Waals surface area contributed by atoms with E-state index in [0.29, 0.717) is 5.02 Å². The number of halogens is 1. The standard InChI is InChI=1S/C11H10ClNO2/c1-3-15-11(14)9-5-10(12)7(2)4-8(9)6-13/h4-5H,3H2,1-2H3. The number of ether oxygens (including phenoxy) is 1. The summed E-state index contributed by atoms with van der Waals surface area (Å²) in [4.78, 5) is 11.5. The predicted molar refractivity (Wildman–Crippen MR) is 56.9 cm³/mol. The molecule has 0 aliphatic carbocycles. The van der Waals surface area contributed by atoms with Crippen LogP contribution in [-0.2, 0) is 4.74 Å². The number of carbonyl (C=O) groups is 1. The molecule has 0 amide bonds. The fraction of sp³-hybridized carbons (Fsp3) is 0.273. The van der Waals surface area contributed by atoms with Gasteiger partial charge < -0.3 is 4.74 Å². The van der Waals surface area contributed by atoms with Crippen LogP contribution in [0.4, 0.5) is 0 Å². The number of carbonyl (C=O) groups excluding carboxylic acids is 1. The van der Waals surface area contributed by atoms with Gasteiger partial charge in [0.2, 0.25) is 0 Å². The second-order valence-corrected chi connectivity index (χ2v) is 3.39. The molecule has 0 atom stereocenters. The molecule has 1 aromatic rings. The molecule has 0 spiro atoms. The normalized spacial score (nSPS) is 9.47. The average molecular weight is 224 g/mol. The Labute approximate surface area is 93.2 Å². The predicted octanol–water partition coefficient (Wildman–Crippen LogP) is 2.70. The van der Waals surface area contributed by atoms with Crippen LogP contribution < -0.4 is 0 Å². The highest BCUT2D eigenvalue weighted by atomic mass is 35.5. The first-order valence-corrected chi connectivity index (χ1v) is 4.85. The molecule has 0 heterocycles. The van der Waals surface area contributed by atoms with Gasteiger partial charge in [-0.1, -0.05) is 11.6 Å². The summed E-state index contributed by atoms with van der Waals surface area (Å²) < 4.78 is 4.82. The van der Waals surface area contributed by atoms with Crippen molar-refractivity contribution in [2.75, 3.05) is 6.61 Å². The Morgan fingerprint density at radius 3 is 2.80 bits per heavy atom. The zero-order chi connectivity index (χ0) is 11.4. The van der Waals surface area contributed by atoms with Gasteiger partial charge in [0.15, 0.2) is 0 Å². The smallest absolute Gasteiger partial charge is 0.339 e. The maximum Gasteiger partial charge on any atom is 0.339 e. The van der Waals surface area contributed by atoms with Crippen molar-refractivity contribution >= 4 is 17.6 Å². The van der Waals surface area contributed by atoms with Crippen LogP contribution in [0.15, 0.2) is 12.1 Å². The Morgan fingerprint density at radius 2 is 2.27 bits per heavy atom. The van der Waals surface area contributed by atoms with E-state index in [1.54, 1.807) is 19.9 Å². The second kappa shape index (κ2) is 4.81. The third-order valence-electron chi connectivity index (χ3n) is 1.91. The molecular formula is C11H10ClNO2. The van der Waals surface area contributed by atoms with E-state index >= 15 is 0 Å². The van der Waals surface area contributed by atoms with E-state index < -0.39 is 5.97 Å². The zero-order valence-electron chi connectivity index (χ0n) is 8.50. The summed E-state index contributed by atoms with van der Waals surface area (Å²) in [6.45, 7) is 3.76. The van der Waals surface area contributed by atoms with Gasteiger partial charge in [-0.25, -0.2) is 4.79 Å². The highest BCUT2D eigenvalue weighted by Crippen LogP contribution is 2.21. The van der Waals surface area contributed by atoms with E-state index in [0.717, 1.165) is 5.56 Å². The lowest BCUT2D eigenvalue weighted by Crippen LogP contribution is -2.07. The fourth-order valence-corrected chi connectivity index (χ4v) is 1.32. The van der Waals surface area contributed by atoms with E-state index in [1.807, 2.05) is 6.07 Å². The molecule has 0 unspecified atom stereocenters. The Kier molecular flexibility index (Phi) is 3.70. The summed E-state index contributed by atoms with van der Waals surface area (Å²) in [5.74, 6) is -0.518. The van der Waals surface area contributed by atoms with Crippen molar-refractivity contribution in [3.05, 3.63) is 33.8 Å². The molecule has 0 N–H and O–H groups in total. The molecule has 0 aliphatic rings. The van der Waals surface area contributed by atoms with E-state index in [-0.39, 0.29) is 17.7 Å². The van der Waals surface area contributed by atoms with E-state index in [2.05, 4.69) is 0 Å². The van der Waals surface area contributed by atoms with Crippen LogP contribution in [-0.4, -0.2) is 12.6 Å². The van der Waals surface area contributed by atoms with Crippen LogP contribution in [0.2, 0.25) is 5.02 Å². The number of nitriles is 1. The molecule has 0 saturated heterocycles. The molecule has 15 heavy (non-hydrogen) atoms. The van der Waals surface area contributed by atoms with Crippen LogP contribution in [0.3, 0.4) is 0 Å². The van der Waals surface area contributed by atoms with Crippen LogP contribution in [0, 0.1) is 18.3 Å². The number of hydrogen-bond donors (Lipinski definition) is 0. The van der Waals surface area contributed by atoms with Crippen molar-refractivity contribution in [2.45, 2.75) is 13.8 Å². The first-order valence-electron chi connectivity index (χ1n) is 4.47. The van der Waals surface area contributed by atoms with Crippen molar-refractivity contribution < 1.29 is 9.53 Å². The summed E-state index contributed by atoms with van der Waals surface area (Å²) in [7, 11) is 0. The molecule has 0 bridgehead atoms. The third kappa shape index (κ3) is 2.48. The van der Waals surface area contributed by atoms with Crippen molar-refractivity contribution in [2.24, 2.45) is 0 Å². The molecule has 1 rings (SSSR count). The van der Waals surface area contributed by atoms with Crippen molar-refractivity contribution in [3.8, 4) is 6.07 Å². The minimum Gasteiger partial charge on any atom is -0.462 e. The van der Waals surface area contributed by atoms with Crippen molar-refractivity contribution in [3.63, 3.8) is 0 Å². The lowest BCUT2D eigenvalue weighted by Gasteiger charge is -2.06. The Hall–Kier alpha value is -1.53. The highest BCUT2D eigenvalue weighted by Gasteiger charge is 2.14. The molecule has 0 aromatic heterocycles. The SMILES string of the molecule is CCOC(=O)c1cc(Cl)c(C)cc1C#N. The highest BCUT2D eigenvalue weighted by molar-refractivity contribution is 6.31. The van der Waals surface area contributed by atoms with Gasteiger partial charge in [-0.2, -0.15) is 5.26 Å². The minimum absolute atomic E-state index is 0.218. The van der Waals surface area contributed by atoms with Gasteiger partial charge in [-0.3, -0.25) is 0 Å². The lowest BCUT2D eigenvalue weighted by molar-refractivity contribution is 0.0526. The molecule has 4 heteroatoms. The van der Waals surface area contributed by atoms with Gasteiger partial charge in [-0.05, 0) is 31.5 Å². The minimum atomic E-state index is -0.518. The van der Waals surface area contributed by atoms with Crippen molar-refractivity contribution in [1.82, 2.24) is 0 Å². The van der Waals surface area contributed by atoms with Crippen LogP contribution in [0.5, 0.6) is 0 Å². The van der Waals surface area contributed by atoms with Gasteiger partial charge in [-0.15, -0.1) is 0 Å². The molecule has 0 aliphatic heterocycles. The number of aryl methyl sites for hydroxylation is 1. The van der Waals surface area contributed by atoms with E-state index in [9.17, 15) is 4.79 Å².